The van der Waals surface area contributed by atoms with E-state index in [-0.39, 0.29) is 0 Å². The Bertz CT molecular complexity index is 487. The average molecular weight is 208 g/mol. The van der Waals surface area contributed by atoms with Gasteiger partial charge >= 0.3 is 0 Å². The van der Waals surface area contributed by atoms with Gasteiger partial charge in [0, 0.05) is 5.92 Å². The SMILES string of the molecule is C=Cc1ccc2c(c1)C=CC(C(=C)C)C=C2. The maximum atomic E-state index is 4.00. The van der Waals surface area contributed by atoms with Crippen molar-refractivity contribution in [3.8, 4) is 0 Å². The van der Waals surface area contributed by atoms with Gasteiger partial charge in [-0.25, -0.2) is 0 Å². The molecular formula is C16H16. The van der Waals surface area contributed by atoms with Gasteiger partial charge in [-0.1, -0.05) is 61.2 Å². The lowest BCUT2D eigenvalue weighted by atomic mass is 10.0. The molecule has 1 atom stereocenters. The highest BCUT2D eigenvalue weighted by molar-refractivity contribution is 5.71. The monoisotopic (exact) mass is 208 g/mol. The Morgan fingerprint density at radius 3 is 2.50 bits per heavy atom. The van der Waals surface area contributed by atoms with Crippen LogP contribution >= 0.6 is 0 Å². The zero-order valence-corrected chi connectivity index (χ0v) is 9.61. The van der Waals surface area contributed by atoms with E-state index in [4.69, 9.17) is 0 Å². The van der Waals surface area contributed by atoms with Gasteiger partial charge in [0.1, 0.15) is 0 Å². The summed E-state index contributed by atoms with van der Waals surface area (Å²) in [4.78, 5) is 0. The molecule has 0 fully saturated rings. The van der Waals surface area contributed by atoms with Crippen LogP contribution in [0.2, 0.25) is 0 Å². The first-order valence-electron chi connectivity index (χ1n) is 5.49. The molecule has 1 unspecified atom stereocenters. The fourth-order valence-corrected chi connectivity index (χ4v) is 1.82. The van der Waals surface area contributed by atoms with E-state index in [1.54, 1.807) is 0 Å². The van der Waals surface area contributed by atoms with Crippen molar-refractivity contribution >= 4 is 18.2 Å². The van der Waals surface area contributed by atoms with Gasteiger partial charge in [0.2, 0.25) is 0 Å². The molecule has 1 aliphatic rings. The van der Waals surface area contributed by atoms with Gasteiger partial charge < -0.3 is 0 Å². The van der Waals surface area contributed by atoms with Crippen molar-refractivity contribution < 1.29 is 0 Å². The van der Waals surface area contributed by atoms with Crippen LogP contribution in [0.25, 0.3) is 18.2 Å². The Morgan fingerprint density at radius 1 is 1.19 bits per heavy atom. The van der Waals surface area contributed by atoms with Crippen LogP contribution < -0.4 is 0 Å². The summed E-state index contributed by atoms with van der Waals surface area (Å²) in [5.41, 5.74) is 4.83. The Labute approximate surface area is 97.3 Å². The maximum Gasteiger partial charge on any atom is 0.0158 e. The number of rotatable bonds is 2. The molecule has 16 heavy (non-hydrogen) atoms. The highest BCUT2D eigenvalue weighted by Crippen LogP contribution is 2.24. The topological polar surface area (TPSA) is 0 Å². The van der Waals surface area contributed by atoms with Crippen molar-refractivity contribution in [3.05, 3.63) is 65.8 Å². The zero-order valence-electron chi connectivity index (χ0n) is 9.61. The van der Waals surface area contributed by atoms with E-state index in [1.807, 2.05) is 6.08 Å². The molecule has 0 heteroatoms. The van der Waals surface area contributed by atoms with E-state index in [2.05, 4.69) is 62.6 Å². The number of hydrogen-bond acceptors (Lipinski definition) is 0. The summed E-state index contributed by atoms with van der Waals surface area (Å²) in [6, 6.07) is 6.38. The van der Waals surface area contributed by atoms with Crippen molar-refractivity contribution in [1.29, 1.82) is 0 Å². The number of benzene rings is 1. The molecule has 0 saturated heterocycles. The van der Waals surface area contributed by atoms with Crippen molar-refractivity contribution in [2.75, 3.05) is 0 Å². The minimum atomic E-state index is 0.347. The lowest BCUT2D eigenvalue weighted by Crippen LogP contribution is -1.89. The van der Waals surface area contributed by atoms with E-state index >= 15 is 0 Å². The van der Waals surface area contributed by atoms with Gasteiger partial charge in [-0.3, -0.25) is 0 Å². The largest absolute Gasteiger partial charge is 0.0992 e. The van der Waals surface area contributed by atoms with E-state index in [1.165, 1.54) is 16.7 Å². The van der Waals surface area contributed by atoms with Gasteiger partial charge in [0.15, 0.2) is 0 Å². The molecule has 0 saturated carbocycles. The summed E-state index contributed by atoms with van der Waals surface area (Å²) >= 11 is 0. The Balaban J connectivity index is 2.44. The van der Waals surface area contributed by atoms with Gasteiger partial charge in [0.25, 0.3) is 0 Å². The third-order valence-electron chi connectivity index (χ3n) is 2.88. The van der Waals surface area contributed by atoms with E-state index in [0.717, 1.165) is 5.56 Å². The fraction of sp³-hybridized carbons (Fsp3) is 0.125. The molecule has 0 aliphatic heterocycles. The highest BCUT2D eigenvalue weighted by atomic mass is 14.1. The van der Waals surface area contributed by atoms with Crippen LogP contribution in [-0.4, -0.2) is 0 Å². The van der Waals surface area contributed by atoms with Crippen LogP contribution in [0.4, 0.5) is 0 Å². The molecule has 0 heterocycles. The van der Waals surface area contributed by atoms with Crippen LogP contribution in [0.15, 0.2) is 49.1 Å². The van der Waals surface area contributed by atoms with Crippen LogP contribution in [0.3, 0.4) is 0 Å². The van der Waals surface area contributed by atoms with Crippen molar-refractivity contribution in [2.45, 2.75) is 6.92 Å². The molecule has 0 radical (unpaired) electrons. The summed E-state index contributed by atoms with van der Waals surface area (Å²) in [6.45, 7) is 9.85. The number of hydrogen-bond donors (Lipinski definition) is 0. The standard InChI is InChI=1S/C16H16/c1-4-13-5-6-15-9-7-14(12(2)3)8-10-16(15)11-13/h4-11,14H,1-2H2,3H3. The molecule has 1 aliphatic carbocycles. The van der Waals surface area contributed by atoms with Gasteiger partial charge in [-0.05, 0) is 29.7 Å². The molecule has 0 amide bonds. The van der Waals surface area contributed by atoms with E-state index < -0.39 is 0 Å². The van der Waals surface area contributed by atoms with Crippen LogP contribution in [0, 0.1) is 5.92 Å². The summed E-state index contributed by atoms with van der Waals surface area (Å²) in [5, 5.41) is 0. The quantitative estimate of drug-likeness (QED) is 0.625. The lowest BCUT2D eigenvalue weighted by Gasteiger charge is -2.03. The Kier molecular flexibility index (Phi) is 2.91. The summed E-state index contributed by atoms with van der Waals surface area (Å²) in [5.74, 6) is 0.347. The first-order valence-corrected chi connectivity index (χ1v) is 5.49. The van der Waals surface area contributed by atoms with E-state index in [9.17, 15) is 0 Å². The highest BCUT2D eigenvalue weighted by Gasteiger charge is 2.06. The summed E-state index contributed by atoms with van der Waals surface area (Å²) in [7, 11) is 0. The number of fused-ring (bicyclic) bond motifs is 1. The molecule has 0 aromatic heterocycles. The Hall–Kier alpha value is -1.82. The molecule has 1 aromatic carbocycles. The average Bonchev–Trinajstić information content (AvgIpc) is 2.50. The predicted octanol–water partition coefficient (Wildman–Crippen LogP) is 4.56. The van der Waals surface area contributed by atoms with Crippen LogP contribution in [0.1, 0.15) is 23.6 Å². The van der Waals surface area contributed by atoms with Crippen LogP contribution in [-0.2, 0) is 0 Å². The van der Waals surface area contributed by atoms with Crippen molar-refractivity contribution in [3.63, 3.8) is 0 Å². The normalized spacial score (nSPS) is 17.7. The third-order valence-corrected chi connectivity index (χ3v) is 2.88. The Morgan fingerprint density at radius 2 is 1.88 bits per heavy atom. The molecule has 80 valence electrons. The molecule has 0 bridgehead atoms. The van der Waals surface area contributed by atoms with Gasteiger partial charge in [0.05, 0.1) is 0 Å². The zero-order chi connectivity index (χ0) is 11.5. The van der Waals surface area contributed by atoms with Gasteiger partial charge in [-0.2, -0.15) is 0 Å². The molecule has 0 spiro atoms. The maximum absolute atomic E-state index is 4.00. The first kappa shape index (κ1) is 10.7. The second-order valence-corrected chi connectivity index (χ2v) is 4.18. The van der Waals surface area contributed by atoms with E-state index in [0.29, 0.717) is 5.92 Å². The molecule has 0 N–H and O–H groups in total. The second-order valence-electron chi connectivity index (χ2n) is 4.18. The summed E-state index contributed by atoms with van der Waals surface area (Å²) in [6.07, 6.45) is 10.6. The lowest BCUT2D eigenvalue weighted by molar-refractivity contribution is 0.987. The molecular weight excluding hydrogens is 192 g/mol. The first-order chi connectivity index (χ1) is 7.70. The van der Waals surface area contributed by atoms with Crippen molar-refractivity contribution in [2.24, 2.45) is 5.92 Å². The minimum Gasteiger partial charge on any atom is -0.0992 e. The third kappa shape index (κ3) is 2.06. The van der Waals surface area contributed by atoms with Gasteiger partial charge in [-0.15, -0.1) is 0 Å². The predicted molar refractivity (Wildman–Crippen MR) is 72.9 cm³/mol. The molecule has 1 aromatic rings. The fourth-order valence-electron chi connectivity index (χ4n) is 1.82. The van der Waals surface area contributed by atoms with Crippen LogP contribution in [0.5, 0.6) is 0 Å². The van der Waals surface area contributed by atoms with Crippen molar-refractivity contribution in [1.82, 2.24) is 0 Å². The molecule has 0 nitrogen and oxygen atoms in total. The number of allylic oxidation sites excluding steroid dienone is 3. The second kappa shape index (κ2) is 4.36. The minimum absolute atomic E-state index is 0.347. The molecule has 2 rings (SSSR count). The smallest absolute Gasteiger partial charge is 0.0158 e. The summed E-state index contributed by atoms with van der Waals surface area (Å²) < 4.78 is 0.